The van der Waals surface area contributed by atoms with Crippen LogP contribution in [-0.4, -0.2) is 69.4 Å². The molecule has 2 atom stereocenters. The number of Topliss-reactive ketones (excluding diaryl/α,β-unsaturated/α-hetero) is 1. The number of hydrogen-bond acceptors (Lipinski definition) is 9. The third-order valence-electron chi connectivity index (χ3n) is 2.47. The first-order valence-corrected chi connectivity index (χ1v) is 6.90. The maximum atomic E-state index is 11.5. The lowest BCUT2D eigenvalue weighted by Crippen LogP contribution is -2.29. The summed E-state index contributed by atoms with van der Waals surface area (Å²) in [6.45, 7) is 3.31. The van der Waals surface area contributed by atoms with Crippen molar-refractivity contribution in [3.8, 4) is 0 Å². The monoisotopic (exact) mass is 334 g/mol. The van der Waals surface area contributed by atoms with Crippen LogP contribution in [0.15, 0.2) is 0 Å². The van der Waals surface area contributed by atoms with Crippen LogP contribution < -0.4 is 0 Å². The molecule has 2 unspecified atom stereocenters. The Morgan fingerprint density at radius 2 is 1.43 bits per heavy atom. The first-order valence-electron chi connectivity index (χ1n) is 6.90. The summed E-state index contributed by atoms with van der Waals surface area (Å²) in [7, 11) is 1.32. The van der Waals surface area contributed by atoms with E-state index >= 15 is 0 Å². The number of ether oxygens (including phenoxy) is 5. The van der Waals surface area contributed by atoms with Gasteiger partial charge in [-0.25, -0.2) is 14.4 Å². The molecule has 0 aromatic rings. The number of carbonyl (C=O) groups is 4. The van der Waals surface area contributed by atoms with Crippen LogP contribution >= 0.6 is 0 Å². The van der Waals surface area contributed by atoms with Gasteiger partial charge in [0, 0.05) is 7.11 Å². The van der Waals surface area contributed by atoms with Crippen LogP contribution in [0, 0.1) is 0 Å². The lowest BCUT2D eigenvalue weighted by Gasteiger charge is -2.13. The van der Waals surface area contributed by atoms with E-state index in [1.807, 2.05) is 0 Å². The summed E-state index contributed by atoms with van der Waals surface area (Å²) in [5.41, 5.74) is 0. The quantitative estimate of drug-likeness (QED) is 0.284. The van der Waals surface area contributed by atoms with Gasteiger partial charge in [-0.2, -0.15) is 0 Å². The Kier molecular flexibility index (Phi) is 10.5. The Morgan fingerprint density at radius 1 is 0.870 bits per heavy atom. The fraction of sp³-hybridized carbons (Fsp3) is 0.714. The van der Waals surface area contributed by atoms with Gasteiger partial charge in [0.2, 0.25) is 0 Å². The highest BCUT2D eigenvalue weighted by molar-refractivity contribution is 5.83. The van der Waals surface area contributed by atoms with E-state index in [1.54, 1.807) is 0 Å². The summed E-state index contributed by atoms with van der Waals surface area (Å²) in [4.78, 5) is 44.7. The van der Waals surface area contributed by atoms with Crippen LogP contribution in [-0.2, 0) is 42.9 Å². The van der Waals surface area contributed by atoms with Gasteiger partial charge in [-0.15, -0.1) is 0 Å². The van der Waals surface area contributed by atoms with Gasteiger partial charge < -0.3 is 23.7 Å². The second-order valence-corrected chi connectivity index (χ2v) is 4.53. The zero-order chi connectivity index (χ0) is 17.8. The van der Waals surface area contributed by atoms with Crippen LogP contribution in [0.4, 0.5) is 0 Å². The van der Waals surface area contributed by atoms with Gasteiger partial charge in [0.1, 0.15) is 19.8 Å². The molecule has 0 rings (SSSR count). The highest BCUT2D eigenvalue weighted by atomic mass is 16.6. The SMILES string of the molecule is COCC(=O)OC(C)C(=O)OCCOCC(=O)OC(C)C(C)=O. The average molecular weight is 334 g/mol. The van der Waals surface area contributed by atoms with Crippen molar-refractivity contribution in [2.24, 2.45) is 0 Å². The number of ketones is 1. The van der Waals surface area contributed by atoms with Crippen molar-refractivity contribution in [1.29, 1.82) is 0 Å². The summed E-state index contributed by atoms with van der Waals surface area (Å²) >= 11 is 0. The average Bonchev–Trinajstić information content (AvgIpc) is 2.46. The molecular formula is C14H22O9. The third kappa shape index (κ3) is 10.4. The molecule has 9 heteroatoms. The van der Waals surface area contributed by atoms with Gasteiger partial charge in [0.15, 0.2) is 18.0 Å². The van der Waals surface area contributed by atoms with Gasteiger partial charge in [0.25, 0.3) is 0 Å². The fourth-order valence-corrected chi connectivity index (χ4v) is 1.19. The first-order chi connectivity index (χ1) is 10.8. The van der Waals surface area contributed by atoms with E-state index < -0.39 is 30.1 Å². The Hall–Kier alpha value is -2.00. The maximum absolute atomic E-state index is 11.5. The molecule has 0 aromatic carbocycles. The molecule has 0 amide bonds. The summed E-state index contributed by atoms with van der Waals surface area (Å²) in [5, 5.41) is 0. The topological polar surface area (TPSA) is 114 Å². The minimum absolute atomic E-state index is 0.0476. The van der Waals surface area contributed by atoms with Crippen LogP contribution in [0.5, 0.6) is 0 Å². The van der Waals surface area contributed by atoms with Crippen molar-refractivity contribution in [3.05, 3.63) is 0 Å². The molecule has 0 spiro atoms. The number of hydrogen-bond donors (Lipinski definition) is 0. The van der Waals surface area contributed by atoms with Crippen molar-refractivity contribution >= 4 is 23.7 Å². The first kappa shape index (κ1) is 21.0. The van der Waals surface area contributed by atoms with E-state index in [-0.39, 0.29) is 32.2 Å². The molecule has 9 nitrogen and oxygen atoms in total. The molecule has 0 heterocycles. The van der Waals surface area contributed by atoms with Crippen LogP contribution in [0.1, 0.15) is 20.8 Å². The van der Waals surface area contributed by atoms with Gasteiger partial charge in [-0.1, -0.05) is 0 Å². The Balaban J connectivity index is 3.78. The summed E-state index contributed by atoms with van der Waals surface area (Å²) in [5.74, 6) is -2.40. The maximum Gasteiger partial charge on any atom is 0.347 e. The Morgan fingerprint density at radius 3 is 2.00 bits per heavy atom. The van der Waals surface area contributed by atoms with Crippen molar-refractivity contribution in [2.45, 2.75) is 33.0 Å². The molecular weight excluding hydrogens is 312 g/mol. The Labute approximate surface area is 134 Å². The molecule has 132 valence electrons. The van der Waals surface area contributed by atoms with Gasteiger partial charge in [0.05, 0.1) is 6.61 Å². The predicted molar refractivity (Wildman–Crippen MR) is 75.4 cm³/mol. The summed E-state index contributed by atoms with van der Waals surface area (Å²) in [6, 6.07) is 0. The lowest BCUT2D eigenvalue weighted by molar-refractivity contribution is -0.170. The van der Waals surface area contributed by atoms with E-state index in [0.717, 1.165) is 0 Å². The van der Waals surface area contributed by atoms with Crippen molar-refractivity contribution in [2.75, 3.05) is 33.5 Å². The highest BCUT2D eigenvalue weighted by Crippen LogP contribution is 1.97. The largest absolute Gasteiger partial charge is 0.461 e. The lowest BCUT2D eigenvalue weighted by atomic mass is 10.3. The zero-order valence-electron chi connectivity index (χ0n) is 13.7. The van der Waals surface area contributed by atoms with Crippen molar-refractivity contribution < 1.29 is 42.9 Å². The molecule has 0 radical (unpaired) electrons. The molecule has 0 aliphatic heterocycles. The highest BCUT2D eigenvalue weighted by Gasteiger charge is 2.19. The molecule has 0 aromatic heterocycles. The summed E-state index contributed by atoms with van der Waals surface area (Å²) < 4.78 is 23.8. The second kappa shape index (κ2) is 11.6. The van der Waals surface area contributed by atoms with Crippen LogP contribution in [0.25, 0.3) is 0 Å². The zero-order valence-corrected chi connectivity index (χ0v) is 13.7. The Bertz CT molecular complexity index is 418. The molecule has 0 saturated carbocycles. The number of methoxy groups -OCH3 is 1. The predicted octanol–water partition coefficient (Wildman–Crippen LogP) is -0.355. The normalized spacial score (nSPS) is 12.9. The van der Waals surface area contributed by atoms with Crippen molar-refractivity contribution in [1.82, 2.24) is 0 Å². The molecule has 0 aliphatic rings. The van der Waals surface area contributed by atoms with E-state index in [9.17, 15) is 19.2 Å². The molecule has 0 saturated heterocycles. The molecule has 0 N–H and O–H groups in total. The van der Waals surface area contributed by atoms with E-state index in [1.165, 1.54) is 27.9 Å². The van der Waals surface area contributed by atoms with E-state index in [4.69, 9.17) is 18.9 Å². The molecule has 0 fully saturated rings. The van der Waals surface area contributed by atoms with Crippen LogP contribution in [0.2, 0.25) is 0 Å². The number of esters is 3. The fourth-order valence-electron chi connectivity index (χ4n) is 1.19. The number of rotatable bonds is 11. The molecule has 0 aliphatic carbocycles. The number of carbonyl (C=O) groups excluding carboxylic acids is 4. The second-order valence-electron chi connectivity index (χ2n) is 4.53. The summed E-state index contributed by atoms with van der Waals surface area (Å²) in [6.07, 6.45) is -1.90. The van der Waals surface area contributed by atoms with E-state index in [2.05, 4.69) is 4.74 Å². The smallest absolute Gasteiger partial charge is 0.347 e. The molecule has 23 heavy (non-hydrogen) atoms. The van der Waals surface area contributed by atoms with Gasteiger partial charge >= 0.3 is 17.9 Å². The molecule has 0 bridgehead atoms. The minimum atomic E-state index is -1.07. The van der Waals surface area contributed by atoms with Gasteiger partial charge in [-0.3, -0.25) is 4.79 Å². The van der Waals surface area contributed by atoms with Gasteiger partial charge in [-0.05, 0) is 20.8 Å². The standard InChI is InChI=1S/C14H22O9/c1-9(15)10(2)22-13(17)8-20-5-6-21-14(18)11(3)23-12(16)7-19-4/h10-11H,5-8H2,1-4H3. The van der Waals surface area contributed by atoms with E-state index in [0.29, 0.717) is 0 Å². The third-order valence-corrected chi connectivity index (χ3v) is 2.47. The van der Waals surface area contributed by atoms with Crippen LogP contribution in [0.3, 0.4) is 0 Å². The van der Waals surface area contributed by atoms with Crippen molar-refractivity contribution in [3.63, 3.8) is 0 Å². The minimum Gasteiger partial charge on any atom is -0.461 e.